The van der Waals surface area contributed by atoms with E-state index in [1.54, 1.807) is 6.08 Å². The molecule has 2 nitrogen and oxygen atoms in total. The minimum absolute atomic E-state index is 0.0841. The fraction of sp³-hybridized carbons (Fsp3) is 0.389. The Morgan fingerprint density at radius 1 is 1.25 bits per heavy atom. The molecule has 0 heterocycles. The van der Waals surface area contributed by atoms with Crippen LogP contribution in [0.4, 0.5) is 0 Å². The van der Waals surface area contributed by atoms with Crippen LogP contribution in [0.15, 0.2) is 42.1 Å². The average molecular weight is 269 g/mol. The molecule has 0 unspecified atom stereocenters. The third-order valence-corrected chi connectivity index (χ3v) is 2.75. The maximum atomic E-state index is 11.9. The lowest BCUT2D eigenvalue weighted by Gasteiger charge is -2.24. The molecule has 2 heteroatoms. The Morgan fingerprint density at radius 2 is 1.90 bits per heavy atom. The Balaban J connectivity index is 2.84. The molecule has 0 aromatic heterocycles. The SMILES string of the molecule is CCCN/C(=C\C(=O)C#Cc1ccccc1)C(C)(C)C. The molecule has 0 spiro atoms. The van der Waals surface area contributed by atoms with Gasteiger partial charge in [-0.3, -0.25) is 4.79 Å². The first-order chi connectivity index (χ1) is 9.43. The minimum atomic E-state index is -0.164. The molecule has 0 radical (unpaired) electrons. The molecule has 1 rings (SSSR count). The summed E-state index contributed by atoms with van der Waals surface area (Å²) in [6, 6.07) is 9.54. The summed E-state index contributed by atoms with van der Waals surface area (Å²) < 4.78 is 0. The van der Waals surface area contributed by atoms with Crippen LogP contribution in [0, 0.1) is 17.3 Å². The zero-order chi connectivity index (χ0) is 15.0. The first-order valence-corrected chi connectivity index (χ1v) is 7.00. The first kappa shape index (κ1) is 16.0. The molecule has 0 atom stereocenters. The predicted molar refractivity (Wildman–Crippen MR) is 84.2 cm³/mol. The van der Waals surface area contributed by atoms with Crippen molar-refractivity contribution in [2.75, 3.05) is 6.54 Å². The number of carbonyl (C=O) groups is 1. The molecule has 0 saturated carbocycles. The molecule has 0 bridgehead atoms. The fourth-order valence-corrected chi connectivity index (χ4v) is 1.61. The van der Waals surface area contributed by atoms with E-state index in [-0.39, 0.29) is 11.2 Å². The smallest absolute Gasteiger partial charge is 0.230 e. The third kappa shape index (κ3) is 5.75. The van der Waals surface area contributed by atoms with Crippen molar-refractivity contribution < 1.29 is 4.79 Å². The molecule has 1 N–H and O–H groups in total. The van der Waals surface area contributed by atoms with E-state index in [2.05, 4.69) is 44.9 Å². The largest absolute Gasteiger partial charge is 0.388 e. The topological polar surface area (TPSA) is 29.1 Å². The van der Waals surface area contributed by atoms with Crippen LogP contribution < -0.4 is 5.32 Å². The highest BCUT2D eigenvalue weighted by Crippen LogP contribution is 2.22. The van der Waals surface area contributed by atoms with Crippen molar-refractivity contribution in [3.05, 3.63) is 47.7 Å². The van der Waals surface area contributed by atoms with Gasteiger partial charge in [0.05, 0.1) is 0 Å². The highest BCUT2D eigenvalue weighted by atomic mass is 16.1. The van der Waals surface area contributed by atoms with Crippen LogP contribution >= 0.6 is 0 Å². The molecule has 0 saturated heterocycles. The van der Waals surface area contributed by atoms with Crippen LogP contribution in [-0.2, 0) is 4.79 Å². The average Bonchev–Trinajstić information content (AvgIpc) is 2.41. The number of ketones is 1. The lowest BCUT2D eigenvalue weighted by Crippen LogP contribution is -2.26. The maximum absolute atomic E-state index is 11.9. The maximum Gasteiger partial charge on any atom is 0.230 e. The number of benzene rings is 1. The molecular weight excluding hydrogens is 246 g/mol. The van der Waals surface area contributed by atoms with Gasteiger partial charge in [-0.15, -0.1) is 0 Å². The lowest BCUT2D eigenvalue weighted by atomic mass is 9.91. The molecule has 0 fully saturated rings. The van der Waals surface area contributed by atoms with Gasteiger partial charge in [-0.05, 0) is 24.5 Å². The van der Waals surface area contributed by atoms with Crippen LogP contribution in [0.1, 0.15) is 39.7 Å². The third-order valence-electron chi connectivity index (χ3n) is 2.75. The zero-order valence-electron chi connectivity index (χ0n) is 12.8. The molecule has 0 amide bonds. The van der Waals surface area contributed by atoms with Gasteiger partial charge in [0.2, 0.25) is 5.78 Å². The number of rotatable bonds is 4. The van der Waals surface area contributed by atoms with E-state index in [1.165, 1.54) is 0 Å². The van der Waals surface area contributed by atoms with Gasteiger partial charge in [0.25, 0.3) is 0 Å². The van der Waals surface area contributed by atoms with E-state index in [0.717, 1.165) is 24.2 Å². The van der Waals surface area contributed by atoms with E-state index < -0.39 is 0 Å². The summed E-state index contributed by atoms with van der Waals surface area (Å²) in [5.41, 5.74) is 1.71. The van der Waals surface area contributed by atoms with Gasteiger partial charge in [-0.2, -0.15) is 0 Å². The van der Waals surface area contributed by atoms with Gasteiger partial charge < -0.3 is 5.32 Å². The van der Waals surface area contributed by atoms with E-state index in [1.807, 2.05) is 30.3 Å². The molecule has 0 aliphatic heterocycles. The Morgan fingerprint density at radius 3 is 2.45 bits per heavy atom. The molecule has 0 aliphatic rings. The highest BCUT2D eigenvalue weighted by molar-refractivity contribution is 6.05. The van der Waals surface area contributed by atoms with Crippen LogP contribution in [-0.4, -0.2) is 12.3 Å². The van der Waals surface area contributed by atoms with Crippen LogP contribution in [0.25, 0.3) is 0 Å². The predicted octanol–water partition coefficient (Wildman–Crippen LogP) is 3.54. The molecule has 0 aliphatic carbocycles. The van der Waals surface area contributed by atoms with E-state index in [4.69, 9.17) is 0 Å². The van der Waals surface area contributed by atoms with E-state index in [0.29, 0.717) is 0 Å². The second-order valence-corrected chi connectivity index (χ2v) is 5.72. The Kier molecular flexibility index (Phi) is 6.06. The normalized spacial score (nSPS) is 11.5. The minimum Gasteiger partial charge on any atom is -0.388 e. The van der Waals surface area contributed by atoms with Crippen molar-refractivity contribution in [1.82, 2.24) is 5.32 Å². The summed E-state index contributed by atoms with van der Waals surface area (Å²) in [5.74, 6) is 5.39. The number of hydrogen-bond acceptors (Lipinski definition) is 2. The van der Waals surface area contributed by atoms with Crippen molar-refractivity contribution in [3.63, 3.8) is 0 Å². The summed E-state index contributed by atoms with van der Waals surface area (Å²) in [5, 5.41) is 3.31. The van der Waals surface area contributed by atoms with E-state index >= 15 is 0 Å². The quantitative estimate of drug-likeness (QED) is 0.669. The molecular formula is C18H23NO. The summed E-state index contributed by atoms with van der Waals surface area (Å²) in [7, 11) is 0. The first-order valence-electron chi connectivity index (χ1n) is 7.00. The fourth-order valence-electron chi connectivity index (χ4n) is 1.61. The highest BCUT2D eigenvalue weighted by Gasteiger charge is 2.17. The summed E-state index contributed by atoms with van der Waals surface area (Å²) >= 11 is 0. The van der Waals surface area contributed by atoms with E-state index in [9.17, 15) is 4.79 Å². The van der Waals surface area contributed by atoms with Gasteiger partial charge in [-0.1, -0.05) is 51.8 Å². The van der Waals surface area contributed by atoms with Crippen molar-refractivity contribution in [2.45, 2.75) is 34.1 Å². The summed E-state index contributed by atoms with van der Waals surface area (Å²) in [6.45, 7) is 9.21. The number of nitrogens with one attached hydrogen (secondary N) is 1. The van der Waals surface area contributed by atoms with Crippen LogP contribution in [0.5, 0.6) is 0 Å². The van der Waals surface area contributed by atoms with Gasteiger partial charge in [0, 0.05) is 29.3 Å². The second kappa shape index (κ2) is 7.55. The second-order valence-electron chi connectivity index (χ2n) is 5.72. The lowest BCUT2D eigenvalue weighted by molar-refractivity contribution is -0.109. The van der Waals surface area contributed by atoms with Gasteiger partial charge in [-0.25, -0.2) is 0 Å². The Hall–Kier alpha value is -2.01. The van der Waals surface area contributed by atoms with Gasteiger partial charge >= 0.3 is 0 Å². The van der Waals surface area contributed by atoms with Crippen molar-refractivity contribution in [3.8, 4) is 11.8 Å². The summed E-state index contributed by atoms with van der Waals surface area (Å²) in [4.78, 5) is 11.9. The van der Waals surface area contributed by atoms with Gasteiger partial charge in [0.1, 0.15) is 0 Å². The van der Waals surface area contributed by atoms with Crippen molar-refractivity contribution in [1.29, 1.82) is 0 Å². The molecule has 1 aromatic carbocycles. The number of carbonyl (C=O) groups excluding carboxylic acids is 1. The molecule has 1 aromatic rings. The van der Waals surface area contributed by atoms with Gasteiger partial charge in [0.15, 0.2) is 0 Å². The van der Waals surface area contributed by atoms with Crippen LogP contribution in [0.2, 0.25) is 0 Å². The zero-order valence-corrected chi connectivity index (χ0v) is 12.8. The number of allylic oxidation sites excluding steroid dienone is 2. The van der Waals surface area contributed by atoms with Crippen molar-refractivity contribution in [2.24, 2.45) is 5.41 Å². The van der Waals surface area contributed by atoms with Crippen LogP contribution in [0.3, 0.4) is 0 Å². The Labute approximate surface area is 122 Å². The number of hydrogen-bond donors (Lipinski definition) is 1. The Bertz CT molecular complexity index is 524. The monoisotopic (exact) mass is 269 g/mol. The molecule has 20 heavy (non-hydrogen) atoms. The molecule has 106 valence electrons. The summed E-state index contributed by atoms with van der Waals surface area (Å²) in [6.07, 6.45) is 2.64. The van der Waals surface area contributed by atoms with Crippen molar-refractivity contribution >= 4 is 5.78 Å². The standard InChI is InChI=1S/C18H23NO/c1-5-13-19-17(18(2,3)4)14-16(20)12-11-15-9-7-6-8-10-15/h6-10,14,19H,5,13H2,1-4H3/b17-14-.